The molecule has 0 bridgehead atoms. The van der Waals surface area contributed by atoms with Crippen molar-refractivity contribution in [3.05, 3.63) is 83.6 Å². The first-order valence-corrected chi connectivity index (χ1v) is 29.2. The largest absolute Gasteiger partial charge is 0.748 e. The summed E-state index contributed by atoms with van der Waals surface area (Å²) in [6, 6.07) is 9.30. The van der Waals surface area contributed by atoms with Crippen LogP contribution in [0.1, 0.15) is 70.4 Å². The maximum Gasteiger partial charge on any atom is 0.303 e. The minimum atomic E-state index is -5.35. The highest BCUT2D eigenvalue weighted by molar-refractivity contribution is 7.89. The summed E-state index contributed by atoms with van der Waals surface area (Å²) in [6.45, 7) is 5.39. The van der Waals surface area contributed by atoms with E-state index < -0.39 is 92.6 Å². The summed E-state index contributed by atoms with van der Waals surface area (Å²) in [4.78, 5) is 9.83. The van der Waals surface area contributed by atoms with Crippen molar-refractivity contribution in [3.63, 3.8) is 0 Å². The maximum atomic E-state index is 13.7. The number of nitrogens with one attached hydrogen (secondary N) is 1. The van der Waals surface area contributed by atoms with Gasteiger partial charge in [-0.15, -0.1) is 0 Å². The summed E-state index contributed by atoms with van der Waals surface area (Å²) in [5.74, 6) is -1.79. The molecule has 26 heteroatoms. The van der Waals surface area contributed by atoms with Gasteiger partial charge in [0.2, 0.25) is 15.7 Å². The van der Waals surface area contributed by atoms with Crippen molar-refractivity contribution in [2.75, 3.05) is 57.7 Å². The summed E-state index contributed by atoms with van der Waals surface area (Å²) in [5, 5.41) is 9.01. The highest BCUT2D eigenvalue weighted by Gasteiger charge is 2.47. The lowest BCUT2D eigenvalue weighted by atomic mass is 9.75. The summed E-state index contributed by atoms with van der Waals surface area (Å²) in [6.07, 6.45) is 5.82. The fraction of sp³-hybridized carbons (Fsp3) is 0.422. The maximum absolute atomic E-state index is 13.7. The fourth-order valence-electron chi connectivity index (χ4n) is 9.68. The molecule has 0 spiro atoms. The van der Waals surface area contributed by atoms with Gasteiger partial charge in [0, 0.05) is 85.8 Å². The van der Waals surface area contributed by atoms with Gasteiger partial charge in [0.15, 0.2) is 5.71 Å². The zero-order valence-corrected chi connectivity index (χ0v) is 43.2. The third kappa shape index (κ3) is 11.7. The Morgan fingerprint density at radius 3 is 1.90 bits per heavy atom. The second-order valence-corrected chi connectivity index (χ2v) is 25.2. The third-order valence-corrected chi connectivity index (χ3v) is 17.5. The van der Waals surface area contributed by atoms with Crippen molar-refractivity contribution in [1.29, 1.82) is 0 Å². The van der Waals surface area contributed by atoms with Crippen LogP contribution in [0.4, 0.5) is 11.4 Å². The second-order valence-electron chi connectivity index (χ2n) is 17.8. The first-order chi connectivity index (χ1) is 32.9. The van der Waals surface area contributed by atoms with E-state index in [1.807, 2.05) is 4.58 Å². The number of fused-ring (bicyclic) bond motifs is 6. The first kappa shape index (κ1) is 55.6. The predicted molar refractivity (Wildman–Crippen MR) is 255 cm³/mol. The van der Waals surface area contributed by atoms with Crippen LogP contribution in [0.3, 0.4) is 0 Å². The average Bonchev–Trinajstić information content (AvgIpc) is 3.62. The number of carboxylic acids is 1. The van der Waals surface area contributed by atoms with E-state index in [4.69, 9.17) is 9.47 Å². The lowest BCUT2D eigenvalue weighted by Gasteiger charge is -2.31. The molecule has 6 rings (SSSR count). The molecule has 388 valence electrons. The molecular weight excluding hydrogens is 1030 g/mol. The van der Waals surface area contributed by atoms with E-state index in [1.165, 1.54) is 38.5 Å². The van der Waals surface area contributed by atoms with E-state index in [1.54, 1.807) is 50.0 Å². The number of hydrogen-bond donors (Lipinski definition) is 2. The smallest absolute Gasteiger partial charge is 0.303 e. The van der Waals surface area contributed by atoms with Gasteiger partial charge in [0.25, 0.3) is 0 Å². The van der Waals surface area contributed by atoms with Gasteiger partial charge in [-0.1, -0.05) is 12.1 Å². The van der Waals surface area contributed by atoms with Gasteiger partial charge >= 0.3 is 5.97 Å². The van der Waals surface area contributed by atoms with Gasteiger partial charge in [-0.05, 0) is 111 Å². The molecular formula is C45H52N3O18S5-3. The molecule has 2 heterocycles. The minimum absolute atomic E-state index is 0.00372. The molecule has 1 atom stereocenters. The molecule has 4 aromatic rings. The zero-order valence-electron chi connectivity index (χ0n) is 39.2. The van der Waals surface area contributed by atoms with Gasteiger partial charge in [0.05, 0.1) is 48.3 Å². The summed E-state index contributed by atoms with van der Waals surface area (Å²) in [7, 11) is -22.5. The van der Waals surface area contributed by atoms with Crippen molar-refractivity contribution >= 4 is 95.1 Å². The zero-order chi connectivity index (χ0) is 52.7. The number of unbranched alkanes of at least 4 members (excludes halogenated alkanes) is 2. The highest BCUT2D eigenvalue weighted by Crippen LogP contribution is 2.54. The highest BCUT2D eigenvalue weighted by atomic mass is 32.2. The number of carboxylic acid groups (broad SMARTS) is 1. The lowest BCUT2D eigenvalue weighted by Crippen LogP contribution is -2.31. The number of aliphatic carboxylic acids is 1. The number of ether oxygens (including phenoxy) is 2. The van der Waals surface area contributed by atoms with Crippen LogP contribution in [-0.2, 0) is 75.6 Å². The Labute approximate surface area is 412 Å². The Hall–Kier alpha value is -4.71. The van der Waals surface area contributed by atoms with Crippen LogP contribution in [0.25, 0.3) is 21.5 Å². The number of allylic oxidation sites excluding steroid dienone is 4. The number of rotatable bonds is 23. The summed E-state index contributed by atoms with van der Waals surface area (Å²) >= 11 is 0. The van der Waals surface area contributed by atoms with Gasteiger partial charge in [0.1, 0.15) is 36.9 Å². The molecule has 2 aliphatic heterocycles. The summed E-state index contributed by atoms with van der Waals surface area (Å²) < 4.78 is 192. The summed E-state index contributed by atoms with van der Waals surface area (Å²) in [5.41, 5.74) is -0.0349. The van der Waals surface area contributed by atoms with E-state index >= 15 is 0 Å². The second kappa shape index (κ2) is 20.7. The van der Waals surface area contributed by atoms with Crippen LogP contribution in [0.5, 0.6) is 0 Å². The molecule has 0 amide bonds. The average molecular weight is 1080 g/mol. The third-order valence-electron chi connectivity index (χ3n) is 12.8. The number of methoxy groups -OCH3 is 2. The number of carbonyl (C=O) groups is 1. The quantitative estimate of drug-likeness (QED) is 0.0605. The van der Waals surface area contributed by atoms with Crippen molar-refractivity contribution in [2.24, 2.45) is 0 Å². The van der Waals surface area contributed by atoms with E-state index in [0.717, 1.165) is 12.1 Å². The van der Waals surface area contributed by atoms with Crippen molar-refractivity contribution in [1.82, 2.24) is 4.72 Å². The number of sulfonamides is 1. The Kier molecular flexibility index (Phi) is 16.2. The Balaban J connectivity index is 1.62. The predicted octanol–water partition coefficient (Wildman–Crippen LogP) is 3.84. The molecule has 0 radical (unpaired) electrons. The van der Waals surface area contributed by atoms with Crippen LogP contribution in [0.15, 0.2) is 92.0 Å². The molecule has 71 heavy (non-hydrogen) atoms. The monoisotopic (exact) mass is 1080 g/mol. The molecule has 4 aromatic carbocycles. The van der Waals surface area contributed by atoms with Gasteiger partial charge in [-0.3, -0.25) is 4.79 Å². The van der Waals surface area contributed by atoms with Gasteiger partial charge in [-0.25, -0.2) is 46.8 Å². The number of hydrogen-bond acceptors (Lipinski definition) is 18. The molecule has 2 aliphatic rings. The fourth-order valence-corrected chi connectivity index (χ4v) is 13.4. The molecule has 0 saturated carbocycles. The van der Waals surface area contributed by atoms with Gasteiger partial charge in [-0.2, -0.15) is 4.58 Å². The Morgan fingerprint density at radius 2 is 1.32 bits per heavy atom. The van der Waals surface area contributed by atoms with Crippen molar-refractivity contribution in [2.45, 2.75) is 89.7 Å². The van der Waals surface area contributed by atoms with Gasteiger partial charge < -0.3 is 37.7 Å². The lowest BCUT2D eigenvalue weighted by molar-refractivity contribution is -0.438. The van der Waals surface area contributed by atoms with E-state index in [9.17, 15) is 70.2 Å². The van der Waals surface area contributed by atoms with Crippen molar-refractivity contribution in [3.8, 4) is 0 Å². The Bertz CT molecular complexity index is 3480. The van der Waals surface area contributed by atoms with Crippen LogP contribution in [-0.4, -0.2) is 134 Å². The topological polar surface area (TPSA) is 337 Å². The number of nitrogens with zero attached hydrogens (tertiary/aromatic N) is 2. The standard InChI is InChI=1S/C45H55N3O18S5/c1-44(2)39(47(20-8-6-7-13-41(49)50)35-16-14-31-33(42(35)44)26-30(69(56,57)58)28-38(31)71(62,63)64)11-9-12-40-45(3,18-10-24-67(51,52)53)43-34-25-29(68(54,55)46-19-22-65-4)27-37(70(59,60)61)32(34)15-17-36(43)48(40)21-23-66-5/h9,11-12,14-17,25-28,46H,6-8,10,13,18-24H2,1-5H3,(H4-,49,50,51,52,53,56,57,58,59,60,61,62,63,64)/p-3. The normalized spacial score (nSPS) is 18.1. The molecule has 0 fully saturated rings. The van der Waals surface area contributed by atoms with Crippen LogP contribution >= 0.6 is 0 Å². The van der Waals surface area contributed by atoms with E-state index in [2.05, 4.69) is 4.72 Å². The first-order valence-electron chi connectivity index (χ1n) is 21.9. The molecule has 1 unspecified atom stereocenters. The number of anilines is 1. The molecule has 0 saturated heterocycles. The SMILES string of the molecule is COCCNS(=O)(=O)c1cc(S(=O)(=O)[O-])c2ccc3c(c2c1)C(C)(CCCS(=O)(=O)[O-])/C(=C\C=C\C1=[N+](CCCCCC(=O)O)c2ccc4c(S(=O)(=O)[O-])cc(S(=O)(=O)[O-])cc4c2C1(C)C)N3CCOC. The molecule has 2 N–H and O–H groups in total. The van der Waals surface area contributed by atoms with E-state index in [-0.39, 0.29) is 73.7 Å². The van der Waals surface area contributed by atoms with Crippen LogP contribution in [0.2, 0.25) is 0 Å². The Morgan fingerprint density at radius 1 is 0.732 bits per heavy atom. The molecule has 21 nitrogen and oxygen atoms in total. The van der Waals surface area contributed by atoms with Crippen LogP contribution < -0.4 is 9.62 Å². The molecule has 0 aromatic heterocycles. The van der Waals surface area contributed by atoms with Crippen LogP contribution in [0, 0.1) is 0 Å². The van der Waals surface area contributed by atoms with E-state index in [0.29, 0.717) is 59.2 Å². The minimum Gasteiger partial charge on any atom is -0.748 e. The van der Waals surface area contributed by atoms with Crippen molar-refractivity contribution < 1.29 is 84.3 Å². The number of benzene rings is 4. The molecule has 0 aliphatic carbocycles.